The lowest BCUT2D eigenvalue weighted by Gasteiger charge is -2.24. The molecule has 1 amide bonds. The zero-order valence-electron chi connectivity index (χ0n) is 14.4. The fraction of sp³-hybridized carbons (Fsp3) is 0.938. The van der Waals surface area contributed by atoms with Crippen molar-refractivity contribution in [2.45, 2.75) is 47.0 Å². The third-order valence-electron chi connectivity index (χ3n) is 2.98. The monoisotopic (exact) mass is 319 g/mol. The van der Waals surface area contributed by atoms with Gasteiger partial charge in [-0.2, -0.15) is 0 Å². The van der Waals surface area contributed by atoms with Crippen LogP contribution in [0.25, 0.3) is 0 Å². The second-order valence-electron chi connectivity index (χ2n) is 6.58. The van der Waals surface area contributed by atoms with Crippen molar-refractivity contribution in [1.82, 2.24) is 5.32 Å². The summed E-state index contributed by atoms with van der Waals surface area (Å²) in [5.41, 5.74) is 0.0420. The lowest BCUT2D eigenvalue weighted by molar-refractivity contribution is -0.00492. The standard InChI is InChI=1S/C16H33NO3S/c1-14(2)8-6-10-19-12-16(3,4)13-20-11-7-9-17-15(18)21-5/h14H,6-13H2,1-5H3,(H,17,18). The molecule has 0 aliphatic heterocycles. The van der Waals surface area contributed by atoms with Crippen LogP contribution in [0.4, 0.5) is 4.79 Å². The molecule has 0 saturated carbocycles. The van der Waals surface area contributed by atoms with Crippen molar-refractivity contribution in [3.8, 4) is 0 Å². The maximum Gasteiger partial charge on any atom is 0.278 e. The highest BCUT2D eigenvalue weighted by Crippen LogP contribution is 2.16. The topological polar surface area (TPSA) is 47.6 Å². The number of hydrogen-bond acceptors (Lipinski definition) is 4. The van der Waals surface area contributed by atoms with Gasteiger partial charge in [0.15, 0.2) is 0 Å². The first-order chi connectivity index (χ1) is 9.87. The molecule has 1 N–H and O–H groups in total. The molecule has 4 nitrogen and oxygen atoms in total. The Bertz CT molecular complexity index is 270. The molecule has 0 bridgehead atoms. The summed E-state index contributed by atoms with van der Waals surface area (Å²) in [6, 6.07) is 0. The predicted octanol–water partition coefficient (Wildman–Crippen LogP) is 3.94. The van der Waals surface area contributed by atoms with E-state index < -0.39 is 0 Å². The van der Waals surface area contributed by atoms with Gasteiger partial charge in [0, 0.05) is 25.2 Å². The molecule has 0 aliphatic rings. The molecule has 0 aliphatic carbocycles. The fourth-order valence-corrected chi connectivity index (χ4v) is 2.02. The third-order valence-corrected chi connectivity index (χ3v) is 3.49. The summed E-state index contributed by atoms with van der Waals surface area (Å²) < 4.78 is 11.4. The van der Waals surface area contributed by atoms with E-state index in [4.69, 9.17) is 9.47 Å². The number of nitrogens with one attached hydrogen (secondary N) is 1. The SMILES string of the molecule is CSC(=O)NCCCOCC(C)(C)COCCCC(C)C. The van der Waals surface area contributed by atoms with Crippen LogP contribution in [0.2, 0.25) is 0 Å². The molecule has 0 saturated heterocycles. The Labute approximate surface area is 134 Å². The van der Waals surface area contributed by atoms with Crippen LogP contribution in [0.3, 0.4) is 0 Å². The van der Waals surface area contributed by atoms with E-state index in [1.54, 1.807) is 6.26 Å². The maximum atomic E-state index is 11.0. The minimum absolute atomic E-state index is 0.0186. The van der Waals surface area contributed by atoms with Gasteiger partial charge in [0.25, 0.3) is 5.24 Å². The molecule has 0 radical (unpaired) electrons. The Morgan fingerprint density at radius 2 is 1.71 bits per heavy atom. The Hall–Kier alpha value is -0.260. The van der Waals surface area contributed by atoms with Gasteiger partial charge in [0.2, 0.25) is 0 Å². The van der Waals surface area contributed by atoms with Crippen molar-refractivity contribution in [3.63, 3.8) is 0 Å². The van der Waals surface area contributed by atoms with Crippen LogP contribution in [0.5, 0.6) is 0 Å². The van der Waals surface area contributed by atoms with Gasteiger partial charge in [0.05, 0.1) is 13.2 Å². The molecule has 0 aromatic rings. The Balaban J connectivity index is 3.48. The van der Waals surface area contributed by atoms with E-state index in [9.17, 15) is 4.79 Å². The minimum atomic E-state index is 0.0186. The van der Waals surface area contributed by atoms with E-state index in [1.807, 2.05) is 0 Å². The summed E-state index contributed by atoms with van der Waals surface area (Å²) >= 11 is 1.20. The molecule has 0 heterocycles. The number of thioether (sulfide) groups is 1. The predicted molar refractivity (Wildman–Crippen MR) is 91.0 cm³/mol. The Morgan fingerprint density at radius 3 is 2.24 bits per heavy atom. The number of carbonyl (C=O) groups excluding carboxylic acids is 1. The van der Waals surface area contributed by atoms with Crippen molar-refractivity contribution in [2.24, 2.45) is 11.3 Å². The van der Waals surface area contributed by atoms with E-state index in [2.05, 4.69) is 33.0 Å². The van der Waals surface area contributed by atoms with Crippen molar-refractivity contribution >= 4 is 17.0 Å². The van der Waals surface area contributed by atoms with Crippen LogP contribution in [0.15, 0.2) is 0 Å². The molecule has 0 aromatic carbocycles. The smallest absolute Gasteiger partial charge is 0.278 e. The summed E-state index contributed by atoms with van der Waals surface area (Å²) in [5.74, 6) is 0.747. The first-order valence-electron chi connectivity index (χ1n) is 7.84. The first kappa shape index (κ1) is 20.7. The highest BCUT2D eigenvalue weighted by molar-refractivity contribution is 8.12. The van der Waals surface area contributed by atoms with Gasteiger partial charge in [-0.3, -0.25) is 4.79 Å². The maximum absolute atomic E-state index is 11.0. The lowest BCUT2D eigenvalue weighted by atomic mass is 9.96. The molecular weight excluding hydrogens is 286 g/mol. The van der Waals surface area contributed by atoms with Crippen LogP contribution in [0, 0.1) is 11.3 Å². The quantitative estimate of drug-likeness (QED) is 0.553. The van der Waals surface area contributed by atoms with Crippen molar-refractivity contribution < 1.29 is 14.3 Å². The molecule has 126 valence electrons. The summed E-state index contributed by atoms with van der Waals surface area (Å²) in [6.45, 7) is 12.4. The molecule has 5 heteroatoms. The van der Waals surface area contributed by atoms with E-state index in [0.29, 0.717) is 19.8 Å². The zero-order valence-corrected chi connectivity index (χ0v) is 15.2. The molecule has 0 atom stereocenters. The molecule has 0 aromatic heterocycles. The average Bonchev–Trinajstić information content (AvgIpc) is 2.41. The van der Waals surface area contributed by atoms with E-state index >= 15 is 0 Å². The van der Waals surface area contributed by atoms with Gasteiger partial charge in [-0.05, 0) is 31.4 Å². The van der Waals surface area contributed by atoms with Gasteiger partial charge in [-0.25, -0.2) is 0 Å². The highest BCUT2D eigenvalue weighted by Gasteiger charge is 2.18. The highest BCUT2D eigenvalue weighted by atomic mass is 32.2. The lowest BCUT2D eigenvalue weighted by Crippen LogP contribution is -2.27. The van der Waals surface area contributed by atoms with Crippen molar-refractivity contribution in [2.75, 3.05) is 39.2 Å². The molecular formula is C16H33NO3S. The minimum Gasteiger partial charge on any atom is -0.381 e. The van der Waals surface area contributed by atoms with Gasteiger partial charge >= 0.3 is 0 Å². The second-order valence-corrected chi connectivity index (χ2v) is 7.36. The largest absolute Gasteiger partial charge is 0.381 e. The van der Waals surface area contributed by atoms with Gasteiger partial charge in [0.1, 0.15) is 0 Å². The summed E-state index contributed by atoms with van der Waals surface area (Å²) in [7, 11) is 0. The molecule has 0 spiro atoms. The van der Waals surface area contributed by atoms with Crippen molar-refractivity contribution in [3.05, 3.63) is 0 Å². The van der Waals surface area contributed by atoms with Crippen LogP contribution in [0.1, 0.15) is 47.0 Å². The Kier molecular flexibility index (Phi) is 12.1. The van der Waals surface area contributed by atoms with Crippen LogP contribution >= 0.6 is 11.8 Å². The molecule has 0 rings (SSSR count). The van der Waals surface area contributed by atoms with Crippen molar-refractivity contribution in [1.29, 1.82) is 0 Å². The number of ether oxygens (including phenoxy) is 2. The third kappa shape index (κ3) is 14.4. The second kappa shape index (κ2) is 12.3. The van der Waals surface area contributed by atoms with Crippen LogP contribution in [-0.4, -0.2) is 44.5 Å². The number of rotatable bonds is 12. The molecule has 21 heavy (non-hydrogen) atoms. The summed E-state index contributed by atoms with van der Waals surface area (Å²) in [4.78, 5) is 11.0. The molecule has 0 unspecified atom stereocenters. The Morgan fingerprint density at radius 1 is 1.14 bits per heavy atom. The first-order valence-corrected chi connectivity index (χ1v) is 9.07. The molecule has 0 fully saturated rings. The summed E-state index contributed by atoms with van der Waals surface area (Å²) in [6.07, 6.45) is 4.97. The fourth-order valence-electron chi connectivity index (χ4n) is 1.77. The van der Waals surface area contributed by atoms with Crippen LogP contribution in [-0.2, 0) is 9.47 Å². The van der Waals surface area contributed by atoms with Crippen LogP contribution < -0.4 is 5.32 Å². The number of hydrogen-bond donors (Lipinski definition) is 1. The summed E-state index contributed by atoms with van der Waals surface area (Å²) in [5, 5.41) is 2.83. The normalized spacial score (nSPS) is 11.9. The number of amides is 1. The van der Waals surface area contributed by atoms with Gasteiger partial charge in [-0.1, -0.05) is 39.5 Å². The average molecular weight is 320 g/mol. The van der Waals surface area contributed by atoms with Gasteiger partial charge in [-0.15, -0.1) is 0 Å². The van der Waals surface area contributed by atoms with E-state index in [0.717, 1.165) is 32.0 Å². The number of carbonyl (C=O) groups is 1. The van der Waals surface area contributed by atoms with E-state index in [-0.39, 0.29) is 10.7 Å². The van der Waals surface area contributed by atoms with Gasteiger partial charge < -0.3 is 14.8 Å². The zero-order chi connectivity index (χ0) is 16.1. The van der Waals surface area contributed by atoms with E-state index in [1.165, 1.54) is 18.2 Å².